The molecule has 3 rings (SSSR count). The molecule has 0 unspecified atom stereocenters. The molecule has 0 aliphatic carbocycles. The zero-order chi connectivity index (χ0) is 27.5. The highest BCUT2D eigenvalue weighted by molar-refractivity contribution is 6.05. The third-order valence-electron chi connectivity index (χ3n) is 5.23. The number of para-hydroxylation sites is 1. The molecule has 0 aromatic heterocycles. The van der Waals surface area contributed by atoms with Gasteiger partial charge in [0.25, 0.3) is 11.8 Å². The van der Waals surface area contributed by atoms with Gasteiger partial charge in [0.05, 0.1) is 19.8 Å². The van der Waals surface area contributed by atoms with Crippen LogP contribution >= 0.6 is 0 Å². The smallest absolute Gasteiger partial charge is 0.308 e. The molecule has 0 spiro atoms. The zero-order valence-electron chi connectivity index (χ0n) is 22.0. The summed E-state index contributed by atoms with van der Waals surface area (Å²) in [7, 11) is 0. The van der Waals surface area contributed by atoms with E-state index in [1.54, 1.807) is 48.5 Å². The van der Waals surface area contributed by atoms with Crippen molar-refractivity contribution < 1.29 is 33.3 Å². The van der Waals surface area contributed by atoms with Crippen LogP contribution in [0.15, 0.2) is 60.7 Å². The molecule has 3 aromatic rings. The van der Waals surface area contributed by atoms with Crippen LogP contribution in [0.25, 0.3) is 0 Å². The van der Waals surface area contributed by atoms with E-state index < -0.39 is 5.97 Å². The first-order valence-corrected chi connectivity index (χ1v) is 12.4. The fraction of sp³-hybridized carbons (Fsp3) is 0.276. The van der Waals surface area contributed by atoms with Gasteiger partial charge in [0.1, 0.15) is 5.75 Å². The van der Waals surface area contributed by atoms with Crippen LogP contribution in [0.4, 0.5) is 5.69 Å². The van der Waals surface area contributed by atoms with Crippen LogP contribution in [0, 0.1) is 0 Å². The predicted octanol–water partition coefficient (Wildman–Crippen LogP) is 4.99. The van der Waals surface area contributed by atoms with Gasteiger partial charge in [-0.15, -0.1) is 0 Å². The van der Waals surface area contributed by atoms with Gasteiger partial charge in [0.15, 0.2) is 11.5 Å². The Labute approximate surface area is 222 Å². The Morgan fingerprint density at radius 2 is 1.39 bits per heavy atom. The van der Waals surface area contributed by atoms with E-state index in [0.717, 1.165) is 0 Å². The molecular formula is C29H32N2O7. The van der Waals surface area contributed by atoms with Gasteiger partial charge in [0.2, 0.25) is 5.75 Å². The molecule has 3 aromatic carbocycles. The number of esters is 1. The molecule has 200 valence electrons. The third-order valence-corrected chi connectivity index (χ3v) is 5.23. The molecule has 0 aliphatic rings. The van der Waals surface area contributed by atoms with Crippen LogP contribution in [0.5, 0.6) is 23.0 Å². The van der Waals surface area contributed by atoms with Gasteiger partial charge in [-0.05, 0) is 62.7 Å². The summed E-state index contributed by atoms with van der Waals surface area (Å²) in [5.74, 6) is 0.385. The van der Waals surface area contributed by atoms with Gasteiger partial charge in [-0.3, -0.25) is 14.4 Å². The lowest BCUT2D eigenvalue weighted by atomic mass is 10.1. The Hall–Kier alpha value is -4.53. The summed E-state index contributed by atoms with van der Waals surface area (Å²) >= 11 is 0. The van der Waals surface area contributed by atoms with Gasteiger partial charge in [0, 0.05) is 30.3 Å². The minimum atomic E-state index is -0.474. The lowest BCUT2D eigenvalue weighted by Crippen LogP contribution is -2.24. The molecule has 0 radical (unpaired) electrons. The molecule has 9 heteroatoms. The summed E-state index contributed by atoms with van der Waals surface area (Å²) in [5, 5.41) is 5.75. The monoisotopic (exact) mass is 520 g/mol. The second-order valence-corrected chi connectivity index (χ2v) is 8.02. The predicted molar refractivity (Wildman–Crippen MR) is 143 cm³/mol. The molecule has 2 amide bonds. The molecule has 0 fully saturated rings. The van der Waals surface area contributed by atoms with Crippen molar-refractivity contribution in [2.75, 3.05) is 25.1 Å². The lowest BCUT2D eigenvalue weighted by molar-refractivity contribution is -0.131. The van der Waals surface area contributed by atoms with Crippen molar-refractivity contribution >= 4 is 23.5 Å². The maximum Gasteiger partial charge on any atom is 0.308 e. The number of rotatable bonds is 12. The first-order valence-electron chi connectivity index (χ1n) is 12.4. The van der Waals surface area contributed by atoms with Crippen molar-refractivity contribution in [3.05, 3.63) is 77.4 Å². The highest BCUT2D eigenvalue weighted by Crippen LogP contribution is 2.39. The van der Waals surface area contributed by atoms with Gasteiger partial charge in [-0.25, -0.2) is 0 Å². The molecule has 0 bridgehead atoms. The average molecular weight is 521 g/mol. The molecule has 0 atom stereocenters. The summed E-state index contributed by atoms with van der Waals surface area (Å²) in [6.07, 6.45) is 0. The highest BCUT2D eigenvalue weighted by Gasteiger charge is 2.19. The van der Waals surface area contributed by atoms with Crippen molar-refractivity contribution in [2.45, 2.75) is 34.2 Å². The van der Waals surface area contributed by atoms with Gasteiger partial charge in [-0.1, -0.05) is 24.3 Å². The summed E-state index contributed by atoms with van der Waals surface area (Å²) in [6, 6.07) is 16.7. The zero-order valence-corrected chi connectivity index (χ0v) is 22.0. The van der Waals surface area contributed by atoms with Crippen molar-refractivity contribution in [1.82, 2.24) is 5.32 Å². The van der Waals surface area contributed by atoms with E-state index in [1.165, 1.54) is 13.0 Å². The molecule has 0 aliphatic heterocycles. The average Bonchev–Trinajstić information content (AvgIpc) is 2.89. The minimum absolute atomic E-state index is 0.157. The van der Waals surface area contributed by atoms with E-state index in [2.05, 4.69) is 10.6 Å². The quantitative estimate of drug-likeness (QED) is 0.256. The molecule has 2 N–H and O–H groups in total. The number of anilines is 1. The maximum atomic E-state index is 13.1. The van der Waals surface area contributed by atoms with Crippen LogP contribution < -0.4 is 29.6 Å². The topological polar surface area (TPSA) is 112 Å². The number of benzene rings is 3. The number of nitrogens with one attached hydrogen (secondary N) is 2. The number of hydrogen-bond acceptors (Lipinski definition) is 7. The normalized spacial score (nSPS) is 10.3. The van der Waals surface area contributed by atoms with Gasteiger partial charge in [-0.2, -0.15) is 0 Å². The van der Waals surface area contributed by atoms with Crippen LogP contribution in [0.2, 0.25) is 0 Å². The molecule has 9 nitrogen and oxygen atoms in total. The van der Waals surface area contributed by atoms with E-state index in [1.807, 2.05) is 26.8 Å². The van der Waals surface area contributed by atoms with Crippen molar-refractivity contribution in [3.8, 4) is 23.0 Å². The minimum Gasteiger partial charge on any atom is -0.490 e. The van der Waals surface area contributed by atoms with Crippen LogP contribution in [0.3, 0.4) is 0 Å². The van der Waals surface area contributed by atoms with E-state index in [0.29, 0.717) is 59.4 Å². The Bertz CT molecular complexity index is 1260. The van der Waals surface area contributed by atoms with Gasteiger partial charge < -0.3 is 29.6 Å². The Kier molecular flexibility index (Phi) is 10.1. The van der Waals surface area contributed by atoms with Crippen molar-refractivity contribution in [1.29, 1.82) is 0 Å². The Balaban J connectivity index is 1.77. The molecule has 0 heterocycles. The second-order valence-electron chi connectivity index (χ2n) is 8.02. The molecular weight excluding hydrogens is 488 g/mol. The fourth-order valence-corrected chi connectivity index (χ4v) is 3.66. The fourth-order valence-electron chi connectivity index (χ4n) is 3.66. The maximum absolute atomic E-state index is 13.1. The van der Waals surface area contributed by atoms with Crippen LogP contribution in [-0.4, -0.2) is 37.6 Å². The third kappa shape index (κ3) is 7.49. The van der Waals surface area contributed by atoms with E-state index >= 15 is 0 Å². The number of hydrogen-bond donors (Lipinski definition) is 2. The number of amides is 2. The summed E-state index contributed by atoms with van der Waals surface area (Å²) in [4.78, 5) is 37.2. The van der Waals surface area contributed by atoms with Gasteiger partial charge >= 0.3 is 5.97 Å². The van der Waals surface area contributed by atoms with Crippen LogP contribution in [0.1, 0.15) is 54.0 Å². The Morgan fingerprint density at radius 1 is 0.737 bits per heavy atom. The van der Waals surface area contributed by atoms with Crippen LogP contribution in [-0.2, 0) is 11.3 Å². The summed E-state index contributed by atoms with van der Waals surface area (Å²) in [6.45, 7) is 8.22. The Morgan fingerprint density at radius 3 is 2.03 bits per heavy atom. The van der Waals surface area contributed by atoms with E-state index in [-0.39, 0.29) is 24.1 Å². The first-order chi connectivity index (χ1) is 18.4. The largest absolute Gasteiger partial charge is 0.490 e. The first kappa shape index (κ1) is 28.0. The number of carbonyl (C=O) groups is 3. The van der Waals surface area contributed by atoms with Crippen molar-refractivity contribution in [2.24, 2.45) is 0 Å². The number of ether oxygens (including phenoxy) is 4. The highest BCUT2D eigenvalue weighted by atomic mass is 16.5. The number of carbonyl (C=O) groups excluding carboxylic acids is 3. The molecule has 0 saturated heterocycles. The van der Waals surface area contributed by atoms with Crippen molar-refractivity contribution in [3.63, 3.8) is 0 Å². The summed E-state index contributed by atoms with van der Waals surface area (Å²) in [5.41, 5.74) is 1.91. The SMILES string of the molecule is CCOc1cc(C(=O)NCc2ccccc2NC(=O)c2cccc(OC(C)=O)c2)cc(OCC)c1OCC. The lowest BCUT2D eigenvalue weighted by Gasteiger charge is -2.17. The standard InChI is InChI=1S/C29H32N2O7/c1-5-35-25-16-22(17-26(36-6-2)27(25)37-7-3)28(33)30-18-21-11-8-9-14-24(21)31-29(34)20-12-10-13-23(15-20)38-19(4)32/h8-17H,5-7,18H2,1-4H3,(H,30,33)(H,31,34). The molecule has 0 saturated carbocycles. The van der Waals surface area contributed by atoms with E-state index in [9.17, 15) is 14.4 Å². The molecule has 38 heavy (non-hydrogen) atoms. The van der Waals surface area contributed by atoms with E-state index in [4.69, 9.17) is 18.9 Å². The summed E-state index contributed by atoms with van der Waals surface area (Å²) < 4.78 is 22.2. The second kappa shape index (κ2) is 13.7.